The topological polar surface area (TPSA) is 88.5 Å². The van der Waals surface area contributed by atoms with Crippen LogP contribution < -0.4 is 9.47 Å². The first kappa shape index (κ1) is 41.8. The van der Waals surface area contributed by atoms with Crippen LogP contribution in [0.2, 0.25) is 0 Å². The number of ether oxygens (including phenoxy) is 3. The smallest absolute Gasteiger partial charge is 0.306 e. The van der Waals surface area contributed by atoms with Crippen LogP contribution in [0.4, 0.5) is 0 Å². The first-order valence-electron chi connectivity index (χ1n) is 22.7. The van der Waals surface area contributed by atoms with Gasteiger partial charge in [-0.15, -0.1) is 0 Å². The Morgan fingerprint density at radius 3 is 1.63 bits per heavy atom. The molecule has 2 aromatic carbocycles. The van der Waals surface area contributed by atoms with Crippen LogP contribution in [-0.2, 0) is 14.3 Å². The van der Waals surface area contributed by atoms with Crippen molar-refractivity contribution in [3.05, 3.63) is 65.7 Å². The van der Waals surface area contributed by atoms with Crippen LogP contribution in [0.25, 0.3) is 5.57 Å². The zero-order chi connectivity index (χ0) is 39.5. The van der Waals surface area contributed by atoms with Gasteiger partial charge in [0, 0.05) is 26.2 Å². The van der Waals surface area contributed by atoms with E-state index in [1.54, 1.807) is 0 Å². The van der Waals surface area contributed by atoms with Crippen molar-refractivity contribution < 1.29 is 28.9 Å². The van der Waals surface area contributed by atoms with Gasteiger partial charge in [0.25, 0.3) is 0 Å². The molecule has 5 fully saturated rings. The molecule has 8 rings (SSSR count). The monoisotopic (exact) mass is 783 g/mol. The highest BCUT2D eigenvalue weighted by Crippen LogP contribution is 2.50. The summed E-state index contributed by atoms with van der Waals surface area (Å²) in [4.78, 5) is 26.6. The third-order valence-electron chi connectivity index (χ3n) is 14.9. The van der Waals surface area contributed by atoms with Gasteiger partial charge in [0.2, 0.25) is 0 Å². The molecule has 0 unspecified atom stereocenters. The number of methoxy groups -OCH3 is 1. The molecule has 1 saturated heterocycles. The van der Waals surface area contributed by atoms with Crippen LogP contribution in [0, 0.1) is 10.8 Å². The maximum absolute atomic E-state index is 11.3. The fourth-order valence-electron chi connectivity index (χ4n) is 11.1. The maximum atomic E-state index is 11.3. The Morgan fingerprint density at radius 2 is 1.16 bits per heavy atom. The van der Waals surface area contributed by atoms with E-state index in [2.05, 4.69) is 64.4 Å². The molecule has 0 bridgehead atoms. The van der Waals surface area contributed by atoms with Gasteiger partial charge < -0.3 is 24.2 Å². The quantitative estimate of drug-likeness (QED) is 0.213. The number of esters is 1. The zero-order valence-corrected chi connectivity index (χ0v) is 34.9. The van der Waals surface area contributed by atoms with Gasteiger partial charge in [0.05, 0.1) is 32.2 Å². The normalized spacial score (nSPS) is 24.1. The molecule has 2 aliphatic heterocycles. The van der Waals surface area contributed by atoms with E-state index in [1.807, 2.05) is 0 Å². The highest BCUT2D eigenvalue weighted by Gasteiger charge is 2.39. The lowest BCUT2D eigenvalue weighted by molar-refractivity contribution is -0.141. The van der Waals surface area contributed by atoms with E-state index in [4.69, 9.17) is 19.3 Å². The van der Waals surface area contributed by atoms with Gasteiger partial charge in [0.1, 0.15) is 11.5 Å². The molecule has 2 aromatic rings. The third kappa shape index (κ3) is 11.9. The van der Waals surface area contributed by atoms with Crippen LogP contribution >= 0.6 is 0 Å². The van der Waals surface area contributed by atoms with Gasteiger partial charge in [0.15, 0.2) is 0 Å². The Kier molecular flexibility index (Phi) is 14.7. The molecule has 8 heteroatoms. The molecule has 312 valence electrons. The minimum absolute atomic E-state index is 0.133. The molecule has 8 nitrogen and oxygen atoms in total. The second-order valence-electron chi connectivity index (χ2n) is 18.5. The van der Waals surface area contributed by atoms with E-state index >= 15 is 0 Å². The molecule has 4 aliphatic carbocycles. The minimum atomic E-state index is -0.700. The Balaban J connectivity index is 0.000000174. The van der Waals surface area contributed by atoms with Crippen molar-refractivity contribution in [1.82, 2.24) is 9.80 Å². The molecule has 0 atom stereocenters. The largest absolute Gasteiger partial charge is 0.490 e. The van der Waals surface area contributed by atoms with Crippen LogP contribution in [-0.4, -0.2) is 85.4 Å². The van der Waals surface area contributed by atoms with Crippen LogP contribution in [0.3, 0.4) is 0 Å². The molecule has 1 N–H and O–H groups in total. The molecule has 6 aliphatic rings. The number of hydrogen-bond donors (Lipinski definition) is 1. The fourth-order valence-corrected chi connectivity index (χ4v) is 11.1. The van der Waals surface area contributed by atoms with Crippen LogP contribution in [0.1, 0.15) is 152 Å². The number of piperidine rings is 1. The molecular weight excluding hydrogens is 713 g/mol. The van der Waals surface area contributed by atoms with E-state index in [0.29, 0.717) is 41.9 Å². The third-order valence-corrected chi connectivity index (χ3v) is 14.9. The van der Waals surface area contributed by atoms with Crippen molar-refractivity contribution >= 4 is 17.5 Å². The molecule has 2 spiro atoms. The average molecular weight is 783 g/mol. The summed E-state index contributed by atoms with van der Waals surface area (Å²) >= 11 is 0. The van der Waals surface area contributed by atoms with Crippen molar-refractivity contribution in [2.24, 2.45) is 10.8 Å². The van der Waals surface area contributed by atoms with Crippen molar-refractivity contribution in [1.29, 1.82) is 0 Å². The van der Waals surface area contributed by atoms with Gasteiger partial charge in [-0.25, -0.2) is 0 Å². The van der Waals surface area contributed by atoms with Gasteiger partial charge in [-0.2, -0.15) is 0 Å². The lowest BCUT2D eigenvalue weighted by Gasteiger charge is -2.37. The van der Waals surface area contributed by atoms with Gasteiger partial charge >= 0.3 is 11.9 Å². The summed E-state index contributed by atoms with van der Waals surface area (Å²) in [5.74, 6) is 1.79. The Hall–Kier alpha value is -3.36. The standard InChI is InChI=1S/C25H35NO3.C24H35NO3/c1-28-24(27)12-19-26-17-10-21(11-18-26)20-4-6-22(7-5-20)29-23-8-15-25(16-9-23)13-2-3-14-25;26-23(27)11-18-25-16-9-20(10-17-25)19-3-5-21(6-4-19)28-22-7-14-24(15-8-22)12-1-2-13-24/h4-7,10,23H,2-3,8-9,11-19H2,1H3;3-6,20,22H,1-2,7-18H2,(H,26,27). The second kappa shape index (κ2) is 20.1. The Labute approximate surface area is 342 Å². The van der Waals surface area contributed by atoms with Crippen LogP contribution in [0.15, 0.2) is 54.6 Å². The predicted molar refractivity (Wildman–Crippen MR) is 227 cm³/mol. The van der Waals surface area contributed by atoms with Gasteiger partial charge in [-0.1, -0.05) is 56.0 Å². The molecule has 0 aromatic heterocycles. The first-order chi connectivity index (χ1) is 27.8. The lowest BCUT2D eigenvalue weighted by Crippen LogP contribution is -2.34. The molecular formula is C49H70N2O6. The Bertz CT molecular complexity index is 1580. The summed E-state index contributed by atoms with van der Waals surface area (Å²) in [7, 11) is 1.45. The van der Waals surface area contributed by atoms with Crippen LogP contribution in [0.5, 0.6) is 11.5 Å². The fraction of sp³-hybridized carbons (Fsp3) is 0.673. The maximum Gasteiger partial charge on any atom is 0.306 e. The van der Waals surface area contributed by atoms with Gasteiger partial charge in [-0.05, 0) is 167 Å². The summed E-state index contributed by atoms with van der Waals surface area (Å²) in [6.45, 7) is 5.34. The summed E-state index contributed by atoms with van der Waals surface area (Å²) in [5.41, 5.74) is 5.43. The SMILES string of the molecule is COC(=O)CCN1CC=C(c2ccc(OC3CCC4(CCCC4)CC3)cc2)CC1.O=C(O)CCN1CCC(c2ccc(OC3CCC4(CCCC4)CC3)cc2)CC1. The van der Waals surface area contributed by atoms with E-state index < -0.39 is 5.97 Å². The lowest BCUT2D eigenvalue weighted by atomic mass is 9.72. The van der Waals surface area contributed by atoms with Crippen molar-refractivity contribution in [3.8, 4) is 11.5 Å². The number of aliphatic carboxylic acids is 1. The zero-order valence-electron chi connectivity index (χ0n) is 34.9. The molecule has 0 radical (unpaired) electrons. The molecule has 0 amide bonds. The minimum Gasteiger partial charge on any atom is -0.490 e. The average Bonchev–Trinajstić information content (AvgIpc) is 3.92. The van der Waals surface area contributed by atoms with E-state index in [0.717, 1.165) is 63.5 Å². The number of carbonyl (C=O) groups excluding carboxylic acids is 1. The molecule has 4 saturated carbocycles. The van der Waals surface area contributed by atoms with Crippen molar-refractivity contribution in [3.63, 3.8) is 0 Å². The number of benzene rings is 2. The Morgan fingerprint density at radius 1 is 0.649 bits per heavy atom. The number of rotatable bonds is 12. The van der Waals surface area contributed by atoms with Crippen molar-refractivity contribution in [2.75, 3.05) is 46.4 Å². The highest BCUT2D eigenvalue weighted by molar-refractivity contribution is 5.69. The summed E-state index contributed by atoms with van der Waals surface area (Å²) in [6.07, 6.45) is 28.9. The van der Waals surface area contributed by atoms with E-state index in [-0.39, 0.29) is 12.4 Å². The summed E-state index contributed by atoms with van der Waals surface area (Å²) in [6, 6.07) is 17.5. The van der Waals surface area contributed by atoms with Crippen molar-refractivity contribution in [2.45, 2.75) is 153 Å². The number of nitrogens with zero attached hydrogens (tertiary/aromatic N) is 2. The summed E-state index contributed by atoms with van der Waals surface area (Å²) < 4.78 is 17.3. The molecule has 2 heterocycles. The highest BCUT2D eigenvalue weighted by atomic mass is 16.5. The number of carboxylic acids is 1. The second-order valence-corrected chi connectivity index (χ2v) is 18.5. The predicted octanol–water partition coefficient (Wildman–Crippen LogP) is 10.4. The van der Waals surface area contributed by atoms with E-state index in [9.17, 15) is 9.59 Å². The summed E-state index contributed by atoms with van der Waals surface area (Å²) in [5, 5.41) is 8.83. The number of hydrogen-bond acceptors (Lipinski definition) is 7. The first-order valence-corrected chi connectivity index (χ1v) is 22.7. The van der Waals surface area contributed by atoms with E-state index in [1.165, 1.54) is 127 Å². The van der Waals surface area contributed by atoms with Gasteiger partial charge in [-0.3, -0.25) is 14.5 Å². The number of carbonyl (C=O) groups is 2. The number of carboxylic acid groups (broad SMARTS) is 1. The number of likely N-dealkylation sites (tertiary alicyclic amines) is 1. The molecule has 57 heavy (non-hydrogen) atoms.